The lowest BCUT2D eigenvalue weighted by Gasteiger charge is -2.11. The van der Waals surface area contributed by atoms with E-state index in [1.807, 2.05) is 0 Å². The number of benzene rings is 1. The molecule has 0 aliphatic carbocycles. The van der Waals surface area contributed by atoms with Crippen LogP contribution < -0.4 is 9.47 Å². The molecule has 0 radical (unpaired) electrons. The fourth-order valence-electron chi connectivity index (χ4n) is 1.21. The molecule has 1 aromatic carbocycles. The van der Waals surface area contributed by atoms with Crippen LogP contribution in [0.25, 0.3) is 0 Å². The minimum absolute atomic E-state index is 0.0911. The molecule has 1 N–H and O–H groups in total. The summed E-state index contributed by atoms with van der Waals surface area (Å²) in [6.45, 7) is -0.585. The number of carboxylic acids is 1. The number of para-hydroxylation sites is 1. The molecule has 1 rings (SSSR count). The zero-order valence-electron chi connectivity index (χ0n) is 8.67. The van der Waals surface area contributed by atoms with E-state index >= 15 is 0 Å². The largest absolute Gasteiger partial charge is 0.493 e. The highest BCUT2D eigenvalue weighted by Crippen LogP contribution is 2.31. The smallest absolute Gasteiger partial charge is 0.341 e. The van der Waals surface area contributed by atoms with Crippen LogP contribution in [0.4, 0.5) is 0 Å². The Labute approximate surface area is 91.8 Å². The number of nitroso groups, excluding NO2 is 1. The molecule has 6 nitrogen and oxygen atoms in total. The van der Waals surface area contributed by atoms with E-state index in [9.17, 15) is 9.70 Å². The van der Waals surface area contributed by atoms with Gasteiger partial charge in [0.15, 0.2) is 18.1 Å². The number of aliphatic carboxylic acids is 1. The summed E-state index contributed by atoms with van der Waals surface area (Å²) in [4.78, 5) is 20.6. The van der Waals surface area contributed by atoms with Crippen LogP contribution in [0.3, 0.4) is 0 Å². The van der Waals surface area contributed by atoms with Crippen LogP contribution in [0.15, 0.2) is 23.4 Å². The Kier molecular flexibility index (Phi) is 4.26. The van der Waals surface area contributed by atoms with Gasteiger partial charge in [-0.3, -0.25) is 0 Å². The first-order chi connectivity index (χ1) is 7.69. The van der Waals surface area contributed by atoms with E-state index in [1.54, 1.807) is 18.2 Å². The predicted molar refractivity (Wildman–Crippen MR) is 55.6 cm³/mol. The number of rotatable bonds is 6. The molecule has 0 aliphatic heterocycles. The van der Waals surface area contributed by atoms with Gasteiger partial charge in [0.2, 0.25) is 0 Å². The quantitative estimate of drug-likeness (QED) is 0.740. The fourth-order valence-corrected chi connectivity index (χ4v) is 1.21. The molecule has 16 heavy (non-hydrogen) atoms. The molecular weight excluding hydrogens is 214 g/mol. The predicted octanol–water partition coefficient (Wildman–Crippen LogP) is 1.42. The standard InChI is InChI=1S/C10H11NO5/c1-15-8-4-2-3-7(5-11-14)10(8)16-6-9(12)13/h2-4H,5-6H2,1H3,(H,12,13). The lowest BCUT2D eigenvalue weighted by atomic mass is 10.2. The van der Waals surface area contributed by atoms with Gasteiger partial charge in [0.05, 0.1) is 7.11 Å². The highest BCUT2D eigenvalue weighted by molar-refractivity contribution is 5.68. The molecule has 0 heterocycles. The molecular formula is C10H11NO5. The van der Waals surface area contributed by atoms with Crippen LogP contribution >= 0.6 is 0 Å². The van der Waals surface area contributed by atoms with Gasteiger partial charge in [-0.25, -0.2) is 4.79 Å². The van der Waals surface area contributed by atoms with Crippen molar-refractivity contribution in [2.24, 2.45) is 5.18 Å². The lowest BCUT2D eigenvalue weighted by Crippen LogP contribution is -2.11. The second kappa shape index (κ2) is 5.69. The van der Waals surface area contributed by atoms with Gasteiger partial charge >= 0.3 is 5.97 Å². The molecule has 0 saturated carbocycles. The van der Waals surface area contributed by atoms with Crippen molar-refractivity contribution < 1.29 is 19.4 Å². The van der Waals surface area contributed by atoms with Gasteiger partial charge in [-0.05, 0) is 6.07 Å². The van der Waals surface area contributed by atoms with E-state index in [0.29, 0.717) is 11.3 Å². The van der Waals surface area contributed by atoms with Crippen molar-refractivity contribution in [1.82, 2.24) is 0 Å². The van der Waals surface area contributed by atoms with Crippen LogP contribution in [-0.2, 0) is 11.3 Å². The highest BCUT2D eigenvalue weighted by Gasteiger charge is 2.12. The number of ether oxygens (including phenoxy) is 2. The van der Waals surface area contributed by atoms with Crippen LogP contribution in [-0.4, -0.2) is 24.8 Å². The first kappa shape index (κ1) is 12.0. The Morgan fingerprint density at radius 1 is 1.50 bits per heavy atom. The normalized spacial score (nSPS) is 9.56. The Bertz CT molecular complexity index is 391. The summed E-state index contributed by atoms with van der Waals surface area (Å²) in [5, 5.41) is 11.2. The third-order valence-electron chi connectivity index (χ3n) is 1.86. The lowest BCUT2D eigenvalue weighted by molar-refractivity contribution is -0.139. The second-order valence-electron chi connectivity index (χ2n) is 2.92. The molecule has 0 saturated heterocycles. The van der Waals surface area contributed by atoms with Crippen molar-refractivity contribution in [2.75, 3.05) is 13.7 Å². The van der Waals surface area contributed by atoms with E-state index in [4.69, 9.17) is 14.6 Å². The molecule has 1 aromatic rings. The van der Waals surface area contributed by atoms with Gasteiger partial charge in [0, 0.05) is 5.56 Å². The van der Waals surface area contributed by atoms with E-state index in [0.717, 1.165) is 0 Å². The fraction of sp³-hybridized carbons (Fsp3) is 0.300. The number of hydrogen-bond donors (Lipinski definition) is 1. The summed E-state index contributed by atoms with van der Waals surface area (Å²) in [6.07, 6.45) is 0. The molecule has 0 spiro atoms. The monoisotopic (exact) mass is 225 g/mol. The average molecular weight is 225 g/mol. The number of methoxy groups -OCH3 is 1. The molecule has 0 aromatic heterocycles. The van der Waals surface area contributed by atoms with Gasteiger partial charge in [-0.2, -0.15) is 4.91 Å². The Hall–Kier alpha value is -2.11. The highest BCUT2D eigenvalue weighted by atomic mass is 16.5. The Morgan fingerprint density at radius 2 is 2.25 bits per heavy atom. The Morgan fingerprint density at radius 3 is 2.81 bits per heavy atom. The molecule has 6 heteroatoms. The van der Waals surface area contributed by atoms with Crippen molar-refractivity contribution in [3.8, 4) is 11.5 Å². The first-order valence-electron chi connectivity index (χ1n) is 4.48. The van der Waals surface area contributed by atoms with Crippen molar-refractivity contribution in [1.29, 1.82) is 0 Å². The summed E-state index contributed by atoms with van der Waals surface area (Å²) in [5.74, 6) is -0.481. The van der Waals surface area contributed by atoms with Gasteiger partial charge in [-0.1, -0.05) is 17.3 Å². The number of nitrogens with zero attached hydrogens (tertiary/aromatic N) is 1. The molecule has 86 valence electrons. The maximum absolute atomic E-state index is 10.4. The summed E-state index contributed by atoms with van der Waals surface area (Å²) in [6, 6.07) is 4.92. The summed E-state index contributed by atoms with van der Waals surface area (Å²) in [5.41, 5.74) is 0.496. The van der Waals surface area contributed by atoms with Crippen molar-refractivity contribution in [2.45, 2.75) is 6.54 Å². The summed E-state index contributed by atoms with van der Waals surface area (Å²) < 4.78 is 10.1. The van der Waals surface area contributed by atoms with E-state index < -0.39 is 12.6 Å². The number of carbonyl (C=O) groups is 1. The van der Waals surface area contributed by atoms with Crippen LogP contribution in [0.5, 0.6) is 11.5 Å². The van der Waals surface area contributed by atoms with Gasteiger partial charge in [0.25, 0.3) is 0 Å². The molecule has 0 fully saturated rings. The summed E-state index contributed by atoms with van der Waals surface area (Å²) >= 11 is 0. The third kappa shape index (κ3) is 2.94. The third-order valence-corrected chi connectivity index (χ3v) is 1.86. The van der Waals surface area contributed by atoms with E-state index in [-0.39, 0.29) is 12.3 Å². The maximum Gasteiger partial charge on any atom is 0.341 e. The molecule has 0 bridgehead atoms. The SMILES string of the molecule is COc1cccc(CN=O)c1OCC(=O)O. The second-order valence-corrected chi connectivity index (χ2v) is 2.92. The zero-order valence-corrected chi connectivity index (χ0v) is 8.67. The van der Waals surface area contributed by atoms with Crippen LogP contribution in [0.2, 0.25) is 0 Å². The molecule has 0 unspecified atom stereocenters. The number of carboxylic acid groups (broad SMARTS) is 1. The maximum atomic E-state index is 10.4. The van der Waals surface area contributed by atoms with E-state index in [2.05, 4.69) is 5.18 Å². The summed E-state index contributed by atoms with van der Waals surface area (Å²) in [7, 11) is 1.43. The van der Waals surface area contributed by atoms with Crippen molar-refractivity contribution in [3.63, 3.8) is 0 Å². The van der Waals surface area contributed by atoms with Gasteiger partial charge in [0.1, 0.15) is 6.54 Å². The average Bonchev–Trinajstić information content (AvgIpc) is 2.27. The topological polar surface area (TPSA) is 85.2 Å². The Balaban J connectivity index is 2.98. The van der Waals surface area contributed by atoms with Crippen LogP contribution in [0.1, 0.15) is 5.56 Å². The first-order valence-corrected chi connectivity index (χ1v) is 4.48. The molecule has 0 amide bonds. The molecule has 0 aliphatic rings. The minimum atomic E-state index is -1.10. The minimum Gasteiger partial charge on any atom is -0.493 e. The van der Waals surface area contributed by atoms with Crippen molar-refractivity contribution in [3.05, 3.63) is 28.7 Å². The van der Waals surface area contributed by atoms with Crippen molar-refractivity contribution >= 4 is 5.97 Å². The van der Waals surface area contributed by atoms with Gasteiger partial charge in [-0.15, -0.1) is 0 Å². The zero-order chi connectivity index (χ0) is 12.0. The number of hydrogen-bond acceptors (Lipinski definition) is 5. The molecule has 0 atom stereocenters. The van der Waals surface area contributed by atoms with E-state index in [1.165, 1.54) is 7.11 Å². The van der Waals surface area contributed by atoms with Gasteiger partial charge < -0.3 is 14.6 Å². The van der Waals surface area contributed by atoms with Crippen LogP contribution in [0, 0.1) is 4.91 Å².